The summed E-state index contributed by atoms with van der Waals surface area (Å²) >= 11 is 1.31. The van der Waals surface area contributed by atoms with Crippen LogP contribution in [0.2, 0.25) is 0 Å². The van der Waals surface area contributed by atoms with Crippen LogP contribution >= 0.6 is 11.3 Å². The lowest BCUT2D eigenvalue weighted by molar-refractivity contribution is 0.0972. The number of amides is 1. The number of terminal acetylenes is 1. The molecule has 1 amide bonds. The Bertz CT molecular complexity index is 1400. The molecule has 144 valence electrons. The highest BCUT2D eigenvalue weighted by atomic mass is 32.1. The maximum absolute atomic E-state index is 12.7. The van der Waals surface area contributed by atoms with Crippen LogP contribution in [0.3, 0.4) is 0 Å². The van der Waals surface area contributed by atoms with Gasteiger partial charge in [-0.2, -0.15) is 4.99 Å². The van der Waals surface area contributed by atoms with Crippen LogP contribution < -0.4 is 15.0 Å². The number of carbonyl (C=O) groups excluding carboxylic acids is 1. The van der Waals surface area contributed by atoms with E-state index in [1.54, 1.807) is 28.8 Å². The molecule has 2 aromatic carbocycles. The molecule has 0 aliphatic rings. The van der Waals surface area contributed by atoms with E-state index in [9.17, 15) is 9.59 Å². The fourth-order valence-electron chi connectivity index (χ4n) is 2.99. The summed E-state index contributed by atoms with van der Waals surface area (Å²) in [4.78, 5) is 29.6. The molecule has 0 fully saturated rings. The fourth-order valence-corrected chi connectivity index (χ4v) is 4.05. The van der Waals surface area contributed by atoms with Gasteiger partial charge in [0.05, 0.1) is 28.8 Å². The van der Waals surface area contributed by atoms with Crippen LogP contribution in [0.15, 0.2) is 62.7 Å². The zero-order valence-electron chi connectivity index (χ0n) is 15.5. The van der Waals surface area contributed by atoms with Gasteiger partial charge in [0.25, 0.3) is 0 Å². The number of ether oxygens (including phenoxy) is 1. The molecule has 29 heavy (non-hydrogen) atoms. The van der Waals surface area contributed by atoms with Gasteiger partial charge in [-0.1, -0.05) is 29.4 Å². The molecular weight excluding hydrogens is 388 g/mol. The molecule has 0 aliphatic heterocycles. The maximum Gasteiger partial charge on any atom is 0.315 e. The molecule has 4 aromatic rings. The second-order valence-electron chi connectivity index (χ2n) is 6.13. The first-order valence-electron chi connectivity index (χ1n) is 8.92. The van der Waals surface area contributed by atoms with Gasteiger partial charge >= 0.3 is 5.91 Å². The number of hydrogen-bond donors (Lipinski definition) is 0. The zero-order valence-corrected chi connectivity index (χ0v) is 16.4. The molecule has 2 aromatic heterocycles. The standard InChI is InChI=1S/C22H16N2O4S/c1-3-11-24-16-10-9-14(27-4-2)12-20(16)29-22(24)23-21(26)19-13-17(25)15-7-5-6-8-18(15)28-19/h1,5-10,12-13H,4,11H2,2H3. The van der Waals surface area contributed by atoms with Crippen molar-refractivity contribution in [3.63, 3.8) is 0 Å². The summed E-state index contributed by atoms with van der Waals surface area (Å²) in [5, 5.41) is 0.414. The SMILES string of the molecule is C#CCn1c(=NC(=O)c2cc(=O)c3ccccc3o2)sc2cc(OCC)ccc21. The van der Waals surface area contributed by atoms with E-state index < -0.39 is 5.91 Å². The number of fused-ring (bicyclic) bond motifs is 2. The summed E-state index contributed by atoms with van der Waals surface area (Å²) in [7, 11) is 0. The van der Waals surface area contributed by atoms with Crippen LogP contribution in [0.4, 0.5) is 0 Å². The maximum atomic E-state index is 12.7. The molecule has 7 heteroatoms. The van der Waals surface area contributed by atoms with Crippen molar-refractivity contribution in [1.29, 1.82) is 0 Å². The molecule has 0 unspecified atom stereocenters. The second kappa shape index (κ2) is 7.78. The van der Waals surface area contributed by atoms with E-state index >= 15 is 0 Å². The highest BCUT2D eigenvalue weighted by molar-refractivity contribution is 7.16. The molecule has 4 rings (SSSR count). The van der Waals surface area contributed by atoms with Crippen molar-refractivity contribution in [3.8, 4) is 18.1 Å². The van der Waals surface area contributed by atoms with Crippen molar-refractivity contribution in [3.05, 3.63) is 69.3 Å². The fraction of sp³-hybridized carbons (Fsp3) is 0.136. The third-order valence-electron chi connectivity index (χ3n) is 4.26. The van der Waals surface area contributed by atoms with Crippen molar-refractivity contribution in [2.24, 2.45) is 4.99 Å². The van der Waals surface area contributed by atoms with Gasteiger partial charge in [0.15, 0.2) is 16.0 Å². The Labute approximate surface area is 169 Å². The van der Waals surface area contributed by atoms with Crippen molar-refractivity contribution in [2.75, 3.05) is 6.61 Å². The van der Waals surface area contributed by atoms with Crippen LogP contribution in [0.1, 0.15) is 17.5 Å². The Balaban J connectivity index is 1.84. The monoisotopic (exact) mass is 404 g/mol. The summed E-state index contributed by atoms with van der Waals surface area (Å²) in [5.74, 6) is 2.55. The van der Waals surface area contributed by atoms with Gasteiger partial charge in [0.2, 0.25) is 0 Å². The molecule has 0 atom stereocenters. The second-order valence-corrected chi connectivity index (χ2v) is 7.13. The van der Waals surface area contributed by atoms with Crippen LogP contribution in [-0.2, 0) is 6.54 Å². The smallest absolute Gasteiger partial charge is 0.315 e. The van der Waals surface area contributed by atoms with E-state index in [-0.39, 0.29) is 17.7 Å². The predicted octanol–water partition coefficient (Wildman–Crippen LogP) is 3.58. The Morgan fingerprint density at radius 1 is 1.28 bits per heavy atom. The average molecular weight is 404 g/mol. The van der Waals surface area contributed by atoms with Crippen LogP contribution in [0.5, 0.6) is 5.75 Å². The minimum atomic E-state index is -0.643. The van der Waals surface area contributed by atoms with E-state index in [2.05, 4.69) is 10.9 Å². The third-order valence-corrected chi connectivity index (χ3v) is 5.30. The Hall–Kier alpha value is -3.63. The number of nitrogens with zero attached hydrogens (tertiary/aromatic N) is 2. The van der Waals surface area contributed by atoms with Crippen LogP contribution in [0.25, 0.3) is 21.2 Å². The molecular formula is C22H16N2O4S. The number of rotatable bonds is 4. The molecule has 6 nitrogen and oxygen atoms in total. The van der Waals surface area contributed by atoms with Crippen molar-refractivity contribution >= 4 is 38.4 Å². The van der Waals surface area contributed by atoms with Gasteiger partial charge in [-0.25, -0.2) is 0 Å². The predicted molar refractivity (Wildman–Crippen MR) is 112 cm³/mol. The van der Waals surface area contributed by atoms with E-state index in [4.69, 9.17) is 15.6 Å². The summed E-state index contributed by atoms with van der Waals surface area (Å²) in [6.45, 7) is 2.72. The largest absolute Gasteiger partial charge is 0.494 e. The lowest BCUT2D eigenvalue weighted by Gasteiger charge is -2.03. The minimum absolute atomic E-state index is 0.117. The normalized spacial score (nSPS) is 11.7. The molecule has 2 heterocycles. The minimum Gasteiger partial charge on any atom is -0.494 e. The summed E-state index contributed by atoms with van der Waals surface area (Å²) < 4.78 is 13.8. The summed E-state index contributed by atoms with van der Waals surface area (Å²) in [6.07, 6.45) is 5.50. The highest BCUT2D eigenvalue weighted by Crippen LogP contribution is 2.23. The molecule has 0 saturated carbocycles. The average Bonchev–Trinajstić information content (AvgIpc) is 3.05. The van der Waals surface area contributed by atoms with Gasteiger partial charge in [-0.05, 0) is 37.3 Å². The van der Waals surface area contributed by atoms with Crippen LogP contribution in [-0.4, -0.2) is 17.1 Å². The first kappa shape index (κ1) is 18.7. The number of para-hydroxylation sites is 1. The van der Waals surface area contributed by atoms with E-state index in [0.29, 0.717) is 22.4 Å². The molecule has 0 N–H and O–H groups in total. The Kier molecular flexibility index (Phi) is 5.02. The van der Waals surface area contributed by atoms with Crippen molar-refractivity contribution in [1.82, 2.24) is 4.57 Å². The molecule has 0 radical (unpaired) electrons. The van der Waals surface area contributed by atoms with Gasteiger partial charge in [-0.15, -0.1) is 6.42 Å². The molecule has 0 spiro atoms. The summed E-state index contributed by atoms with van der Waals surface area (Å²) in [5.41, 5.74) is 0.898. The third kappa shape index (κ3) is 3.58. The molecule has 0 saturated heterocycles. The van der Waals surface area contributed by atoms with E-state index in [1.165, 1.54) is 17.4 Å². The Morgan fingerprint density at radius 2 is 2.10 bits per heavy atom. The van der Waals surface area contributed by atoms with E-state index in [0.717, 1.165) is 16.0 Å². The molecule has 0 bridgehead atoms. The molecule has 0 aliphatic carbocycles. The lowest BCUT2D eigenvalue weighted by atomic mass is 10.2. The topological polar surface area (TPSA) is 73.8 Å². The first-order valence-corrected chi connectivity index (χ1v) is 9.74. The highest BCUT2D eigenvalue weighted by Gasteiger charge is 2.13. The van der Waals surface area contributed by atoms with Crippen molar-refractivity contribution < 1.29 is 13.9 Å². The van der Waals surface area contributed by atoms with Gasteiger partial charge in [-0.3, -0.25) is 9.59 Å². The lowest BCUT2D eigenvalue weighted by Crippen LogP contribution is -2.17. The summed E-state index contributed by atoms with van der Waals surface area (Å²) in [6, 6.07) is 13.5. The van der Waals surface area contributed by atoms with Crippen molar-refractivity contribution in [2.45, 2.75) is 13.5 Å². The quantitative estimate of drug-likeness (QED) is 0.487. The number of hydrogen-bond acceptors (Lipinski definition) is 5. The van der Waals surface area contributed by atoms with Gasteiger partial charge in [0, 0.05) is 6.07 Å². The van der Waals surface area contributed by atoms with Gasteiger partial charge < -0.3 is 13.7 Å². The van der Waals surface area contributed by atoms with Gasteiger partial charge in [0.1, 0.15) is 11.3 Å². The van der Waals surface area contributed by atoms with E-state index in [1.807, 2.05) is 25.1 Å². The number of aromatic nitrogens is 1. The van der Waals surface area contributed by atoms with Crippen LogP contribution in [0, 0.1) is 12.3 Å². The number of thiazole rings is 1. The Morgan fingerprint density at radius 3 is 2.90 bits per heavy atom. The number of carbonyl (C=O) groups is 1. The first-order chi connectivity index (χ1) is 14.1. The zero-order chi connectivity index (χ0) is 20.4. The number of benzene rings is 2.